The van der Waals surface area contributed by atoms with Gasteiger partial charge < -0.3 is 19.5 Å². The molecule has 0 spiro atoms. The maximum absolute atomic E-state index is 12.7. The highest BCUT2D eigenvalue weighted by atomic mass is 32.2. The quantitative estimate of drug-likeness (QED) is 0.297. The summed E-state index contributed by atoms with van der Waals surface area (Å²) in [4.78, 5) is 12.7. The minimum Gasteiger partial charge on any atom is -0.497 e. The Morgan fingerprint density at radius 3 is 2.22 bits per heavy atom. The second-order valence-electron chi connectivity index (χ2n) is 8.07. The van der Waals surface area contributed by atoms with E-state index >= 15 is 0 Å². The smallest absolute Gasteiger partial charge is 0.234 e. The number of hydrogen-bond donors (Lipinski definition) is 1. The average molecular weight is 505 g/mol. The molecule has 0 aliphatic heterocycles. The van der Waals surface area contributed by atoms with Crippen LogP contribution in [0.4, 0.5) is 5.69 Å². The van der Waals surface area contributed by atoms with Crippen LogP contribution in [-0.4, -0.2) is 40.6 Å². The van der Waals surface area contributed by atoms with E-state index in [4.69, 9.17) is 14.2 Å². The lowest BCUT2D eigenvalue weighted by Gasteiger charge is -2.13. The molecule has 4 rings (SSSR count). The number of ether oxygens (including phenoxy) is 3. The predicted octanol–water partition coefficient (Wildman–Crippen LogP) is 5.21. The summed E-state index contributed by atoms with van der Waals surface area (Å²) in [5.74, 6) is 2.49. The number of methoxy groups -OCH3 is 2. The van der Waals surface area contributed by atoms with Gasteiger partial charge in [-0.25, -0.2) is 0 Å². The molecule has 0 saturated carbocycles. The predicted molar refractivity (Wildman–Crippen MR) is 141 cm³/mol. The van der Waals surface area contributed by atoms with Crippen molar-refractivity contribution in [2.24, 2.45) is 0 Å². The Hall–Kier alpha value is -3.98. The van der Waals surface area contributed by atoms with Gasteiger partial charge in [-0.3, -0.25) is 9.36 Å². The number of thioether (sulfide) groups is 1. The van der Waals surface area contributed by atoms with Gasteiger partial charge in [-0.05, 0) is 50.2 Å². The summed E-state index contributed by atoms with van der Waals surface area (Å²) in [6.45, 7) is 4.30. The molecular formula is C27H28N4O4S. The summed E-state index contributed by atoms with van der Waals surface area (Å²) in [6.07, 6.45) is 0. The Bertz CT molecular complexity index is 1320. The third kappa shape index (κ3) is 6.17. The SMILES string of the molecule is COc1ccc(NC(=O)CSc2nnc(COc3ccc(C)cc3)n2-c2ccc(C)cc2)c(OC)c1. The molecule has 3 aromatic carbocycles. The minimum atomic E-state index is -0.195. The molecule has 8 nitrogen and oxygen atoms in total. The fraction of sp³-hybridized carbons (Fsp3) is 0.222. The third-order valence-corrected chi connectivity index (χ3v) is 6.33. The van der Waals surface area contributed by atoms with Gasteiger partial charge in [0.05, 0.1) is 25.7 Å². The molecule has 0 atom stereocenters. The van der Waals surface area contributed by atoms with Crippen molar-refractivity contribution in [2.75, 3.05) is 25.3 Å². The van der Waals surface area contributed by atoms with Crippen molar-refractivity contribution in [2.45, 2.75) is 25.6 Å². The van der Waals surface area contributed by atoms with Gasteiger partial charge in [0.25, 0.3) is 0 Å². The second kappa shape index (κ2) is 11.6. The molecule has 0 fully saturated rings. The van der Waals surface area contributed by atoms with Crippen LogP contribution in [0.3, 0.4) is 0 Å². The highest BCUT2D eigenvalue weighted by molar-refractivity contribution is 7.99. The number of nitrogens with zero attached hydrogens (tertiary/aromatic N) is 3. The molecule has 1 heterocycles. The van der Waals surface area contributed by atoms with E-state index in [9.17, 15) is 4.79 Å². The number of anilines is 1. The Kier molecular flexibility index (Phi) is 8.12. The Labute approximate surface area is 214 Å². The summed E-state index contributed by atoms with van der Waals surface area (Å²) in [5.41, 5.74) is 3.77. The van der Waals surface area contributed by atoms with Crippen molar-refractivity contribution in [3.8, 4) is 22.9 Å². The first-order chi connectivity index (χ1) is 17.5. The first kappa shape index (κ1) is 25.1. The topological polar surface area (TPSA) is 87.5 Å². The number of amides is 1. The van der Waals surface area contributed by atoms with Gasteiger partial charge in [0.1, 0.15) is 23.9 Å². The molecule has 1 amide bonds. The summed E-state index contributed by atoms with van der Waals surface area (Å²) in [5, 5.41) is 12.2. The molecule has 36 heavy (non-hydrogen) atoms. The van der Waals surface area contributed by atoms with E-state index in [2.05, 4.69) is 15.5 Å². The van der Waals surface area contributed by atoms with E-state index in [0.717, 1.165) is 22.6 Å². The molecule has 4 aromatic rings. The van der Waals surface area contributed by atoms with Crippen molar-refractivity contribution in [1.82, 2.24) is 14.8 Å². The maximum atomic E-state index is 12.7. The number of nitrogens with one attached hydrogen (secondary N) is 1. The van der Waals surface area contributed by atoms with Crippen molar-refractivity contribution >= 4 is 23.4 Å². The number of carbonyl (C=O) groups excluding carboxylic acids is 1. The minimum absolute atomic E-state index is 0.137. The van der Waals surface area contributed by atoms with Gasteiger partial charge in [0.15, 0.2) is 11.0 Å². The molecule has 0 unspecified atom stereocenters. The first-order valence-electron chi connectivity index (χ1n) is 11.3. The van der Waals surface area contributed by atoms with Gasteiger partial charge in [-0.2, -0.15) is 0 Å². The Balaban J connectivity index is 1.50. The number of hydrogen-bond acceptors (Lipinski definition) is 7. The normalized spacial score (nSPS) is 10.7. The number of aryl methyl sites for hydroxylation is 2. The molecule has 1 N–H and O–H groups in total. The van der Waals surface area contributed by atoms with Crippen LogP contribution in [0.5, 0.6) is 17.2 Å². The third-order valence-electron chi connectivity index (χ3n) is 5.40. The zero-order chi connectivity index (χ0) is 25.5. The van der Waals surface area contributed by atoms with Crippen LogP contribution >= 0.6 is 11.8 Å². The highest BCUT2D eigenvalue weighted by Crippen LogP contribution is 2.30. The van der Waals surface area contributed by atoms with Crippen molar-refractivity contribution in [1.29, 1.82) is 0 Å². The lowest BCUT2D eigenvalue weighted by Crippen LogP contribution is -2.15. The average Bonchev–Trinajstić information content (AvgIpc) is 3.30. The van der Waals surface area contributed by atoms with Crippen molar-refractivity contribution in [3.63, 3.8) is 0 Å². The monoisotopic (exact) mass is 504 g/mol. The molecule has 186 valence electrons. The fourth-order valence-electron chi connectivity index (χ4n) is 3.44. The Morgan fingerprint density at radius 1 is 0.889 bits per heavy atom. The van der Waals surface area contributed by atoms with E-state index in [1.807, 2.05) is 66.9 Å². The van der Waals surface area contributed by atoms with Crippen LogP contribution < -0.4 is 19.5 Å². The van der Waals surface area contributed by atoms with Gasteiger partial charge in [-0.15, -0.1) is 10.2 Å². The summed E-state index contributed by atoms with van der Waals surface area (Å²) >= 11 is 1.30. The number of rotatable bonds is 10. The molecule has 9 heteroatoms. The number of benzene rings is 3. The van der Waals surface area contributed by atoms with Gasteiger partial charge >= 0.3 is 0 Å². The lowest BCUT2D eigenvalue weighted by molar-refractivity contribution is -0.113. The van der Waals surface area contributed by atoms with E-state index in [-0.39, 0.29) is 18.3 Å². The zero-order valence-electron chi connectivity index (χ0n) is 20.6. The summed E-state index contributed by atoms with van der Waals surface area (Å²) in [6, 6.07) is 21.1. The van der Waals surface area contributed by atoms with Gasteiger partial charge in [0, 0.05) is 11.8 Å². The molecule has 0 aliphatic carbocycles. The molecular weight excluding hydrogens is 476 g/mol. The Morgan fingerprint density at radius 2 is 1.56 bits per heavy atom. The summed E-state index contributed by atoms with van der Waals surface area (Å²) < 4.78 is 18.5. The first-order valence-corrected chi connectivity index (χ1v) is 12.3. The van der Waals surface area contributed by atoms with Crippen molar-refractivity contribution < 1.29 is 19.0 Å². The van der Waals surface area contributed by atoms with Gasteiger partial charge in [0.2, 0.25) is 5.91 Å². The number of aromatic nitrogens is 3. The van der Waals surface area contributed by atoms with E-state index in [0.29, 0.717) is 28.2 Å². The van der Waals surface area contributed by atoms with Gasteiger partial charge in [-0.1, -0.05) is 47.2 Å². The highest BCUT2D eigenvalue weighted by Gasteiger charge is 2.17. The summed E-state index contributed by atoms with van der Waals surface area (Å²) in [7, 11) is 3.12. The standard InChI is InChI=1S/C27H28N4O4S/c1-18-5-9-20(10-6-18)31-25(16-35-21-11-7-19(2)8-12-21)29-30-27(31)36-17-26(32)28-23-14-13-22(33-3)15-24(23)34-4/h5-15H,16-17H2,1-4H3,(H,28,32). The largest absolute Gasteiger partial charge is 0.497 e. The molecule has 0 saturated heterocycles. The molecule has 0 bridgehead atoms. The van der Waals surface area contributed by atoms with E-state index in [1.165, 1.54) is 11.8 Å². The van der Waals surface area contributed by atoms with Crippen LogP contribution in [0.25, 0.3) is 5.69 Å². The zero-order valence-corrected chi connectivity index (χ0v) is 21.5. The van der Waals surface area contributed by atoms with E-state index < -0.39 is 0 Å². The lowest BCUT2D eigenvalue weighted by atomic mass is 10.2. The molecule has 0 aliphatic rings. The number of carbonyl (C=O) groups is 1. The van der Waals surface area contributed by atoms with Crippen LogP contribution in [0.15, 0.2) is 71.9 Å². The maximum Gasteiger partial charge on any atom is 0.234 e. The second-order valence-corrected chi connectivity index (χ2v) is 9.02. The molecule has 1 aromatic heterocycles. The van der Waals surface area contributed by atoms with Crippen LogP contribution in [0, 0.1) is 13.8 Å². The van der Waals surface area contributed by atoms with Crippen LogP contribution in [-0.2, 0) is 11.4 Å². The van der Waals surface area contributed by atoms with Crippen LogP contribution in [0.2, 0.25) is 0 Å². The van der Waals surface area contributed by atoms with Crippen LogP contribution in [0.1, 0.15) is 17.0 Å². The fourth-order valence-corrected chi connectivity index (χ4v) is 4.21. The molecule has 0 radical (unpaired) electrons. The van der Waals surface area contributed by atoms with Crippen molar-refractivity contribution in [3.05, 3.63) is 83.7 Å². The van der Waals surface area contributed by atoms with E-state index in [1.54, 1.807) is 32.4 Å².